The molecule has 12 heavy (non-hydrogen) atoms. The predicted molar refractivity (Wildman–Crippen MR) is 51.4 cm³/mol. The summed E-state index contributed by atoms with van der Waals surface area (Å²) in [6.07, 6.45) is 11.7. The zero-order chi connectivity index (χ0) is 8.23. The summed E-state index contributed by atoms with van der Waals surface area (Å²) >= 11 is 0. The van der Waals surface area contributed by atoms with Crippen LogP contribution in [0.25, 0.3) is 0 Å². The molecule has 0 radical (unpaired) electrons. The minimum atomic E-state index is 0.626. The first-order valence-electron chi connectivity index (χ1n) is 4.84. The molecule has 2 heteroatoms. The molecule has 0 aromatic heterocycles. The first-order chi connectivity index (χ1) is 5.95. The van der Waals surface area contributed by atoms with E-state index in [-0.39, 0.29) is 0 Å². The topological polar surface area (TPSA) is 24.4 Å². The molecule has 0 fully saturated rings. The lowest BCUT2D eigenvalue weighted by Gasteiger charge is -2.20. The molecule has 2 aliphatic rings. The molecule has 0 aromatic carbocycles. The Morgan fingerprint density at radius 3 is 3.08 bits per heavy atom. The molecule has 2 unspecified atom stereocenters. The molecule has 0 aromatic rings. The van der Waals surface area contributed by atoms with E-state index < -0.39 is 0 Å². The van der Waals surface area contributed by atoms with E-state index in [9.17, 15) is 0 Å². The Morgan fingerprint density at radius 1 is 1.42 bits per heavy atom. The molecule has 1 aliphatic carbocycles. The monoisotopic (exact) mass is 164 g/mol. The third kappa shape index (κ3) is 1.87. The van der Waals surface area contributed by atoms with Crippen LogP contribution in [0.15, 0.2) is 17.1 Å². The minimum absolute atomic E-state index is 0.626. The van der Waals surface area contributed by atoms with Gasteiger partial charge < -0.3 is 5.32 Å². The summed E-state index contributed by atoms with van der Waals surface area (Å²) in [4.78, 5) is 4.18. The number of hydrogen-bond donors (Lipinski definition) is 1. The van der Waals surface area contributed by atoms with Crippen molar-refractivity contribution in [1.29, 1.82) is 0 Å². The fourth-order valence-corrected chi connectivity index (χ4v) is 2.01. The van der Waals surface area contributed by atoms with Crippen LogP contribution in [0.4, 0.5) is 0 Å². The maximum atomic E-state index is 4.18. The van der Waals surface area contributed by atoms with E-state index >= 15 is 0 Å². The van der Waals surface area contributed by atoms with Crippen LogP contribution in [0.2, 0.25) is 0 Å². The molecule has 0 amide bonds. The molecule has 66 valence electrons. The summed E-state index contributed by atoms with van der Waals surface area (Å²) < 4.78 is 0. The van der Waals surface area contributed by atoms with Gasteiger partial charge in [0.2, 0.25) is 0 Å². The van der Waals surface area contributed by atoms with Crippen LogP contribution in [0.1, 0.15) is 25.7 Å². The fourth-order valence-electron chi connectivity index (χ4n) is 2.01. The standard InChI is InChI=1S/C10H16N2/c1-2-4-9(5-3-1)6-10-7-11-8-12-10/h1-2,8-10H,3-7H2,(H,11,12). The van der Waals surface area contributed by atoms with Crippen molar-refractivity contribution in [2.45, 2.75) is 31.7 Å². The zero-order valence-electron chi connectivity index (χ0n) is 7.37. The molecule has 0 spiro atoms. The van der Waals surface area contributed by atoms with Crippen LogP contribution in [-0.2, 0) is 0 Å². The Kier molecular flexibility index (Phi) is 2.45. The lowest BCUT2D eigenvalue weighted by atomic mass is 9.89. The molecule has 0 saturated carbocycles. The largest absolute Gasteiger partial charge is 0.372 e. The SMILES string of the molecule is C1=CCC(CC2CN=CN2)CC1. The Morgan fingerprint density at radius 2 is 2.42 bits per heavy atom. The molecular weight excluding hydrogens is 148 g/mol. The molecule has 0 bridgehead atoms. The Balaban J connectivity index is 1.75. The van der Waals surface area contributed by atoms with Gasteiger partial charge in [0.05, 0.1) is 12.9 Å². The lowest BCUT2D eigenvalue weighted by Crippen LogP contribution is -2.27. The van der Waals surface area contributed by atoms with E-state index in [2.05, 4.69) is 22.5 Å². The van der Waals surface area contributed by atoms with Crippen molar-refractivity contribution in [3.63, 3.8) is 0 Å². The van der Waals surface area contributed by atoms with Crippen molar-refractivity contribution in [2.24, 2.45) is 10.9 Å². The number of hydrogen-bond acceptors (Lipinski definition) is 2. The number of allylic oxidation sites excluding steroid dienone is 2. The maximum Gasteiger partial charge on any atom is 0.0827 e. The van der Waals surface area contributed by atoms with Gasteiger partial charge in [0, 0.05) is 6.04 Å². The quantitative estimate of drug-likeness (QED) is 0.618. The summed E-state index contributed by atoms with van der Waals surface area (Å²) in [6.45, 7) is 0.986. The van der Waals surface area contributed by atoms with Gasteiger partial charge in [0.15, 0.2) is 0 Å². The third-order valence-corrected chi connectivity index (χ3v) is 2.72. The van der Waals surface area contributed by atoms with Gasteiger partial charge in [-0.25, -0.2) is 0 Å². The van der Waals surface area contributed by atoms with Crippen LogP contribution in [0.5, 0.6) is 0 Å². The normalized spacial score (nSPS) is 33.7. The van der Waals surface area contributed by atoms with Crippen LogP contribution in [0, 0.1) is 5.92 Å². The molecule has 1 aliphatic heterocycles. The summed E-state index contributed by atoms with van der Waals surface area (Å²) in [7, 11) is 0. The van der Waals surface area contributed by atoms with Crippen molar-refractivity contribution >= 4 is 6.34 Å². The predicted octanol–water partition coefficient (Wildman–Crippen LogP) is 1.73. The molecule has 1 heterocycles. The Labute approximate surface area is 73.8 Å². The second-order valence-corrected chi connectivity index (χ2v) is 3.74. The van der Waals surface area contributed by atoms with Gasteiger partial charge in [0.25, 0.3) is 0 Å². The van der Waals surface area contributed by atoms with Gasteiger partial charge in [-0.05, 0) is 31.6 Å². The van der Waals surface area contributed by atoms with Crippen LogP contribution >= 0.6 is 0 Å². The highest BCUT2D eigenvalue weighted by Crippen LogP contribution is 2.23. The van der Waals surface area contributed by atoms with Gasteiger partial charge in [-0.15, -0.1) is 0 Å². The molecule has 2 rings (SSSR count). The van der Waals surface area contributed by atoms with Crippen LogP contribution < -0.4 is 5.32 Å². The van der Waals surface area contributed by atoms with Crippen molar-refractivity contribution in [2.75, 3.05) is 6.54 Å². The van der Waals surface area contributed by atoms with Crippen molar-refractivity contribution in [3.8, 4) is 0 Å². The molecule has 1 N–H and O–H groups in total. The van der Waals surface area contributed by atoms with E-state index in [0.717, 1.165) is 12.5 Å². The Bertz CT molecular complexity index is 188. The third-order valence-electron chi connectivity index (χ3n) is 2.72. The van der Waals surface area contributed by atoms with E-state index in [0.29, 0.717) is 6.04 Å². The molecule has 2 nitrogen and oxygen atoms in total. The second-order valence-electron chi connectivity index (χ2n) is 3.74. The highest BCUT2D eigenvalue weighted by atomic mass is 15.1. The van der Waals surface area contributed by atoms with Gasteiger partial charge >= 0.3 is 0 Å². The smallest absolute Gasteiger partial charge is 0.0827 e. The van der Waals surface area contributed by atoms with Crippen molar-refractivity contribution in [3.05, 3.63) is 12.2 Å². The van der Waals surface area contributed by atoms with Gasteiger partial charge in [-0.1, -0.05) is 12.2 Å². The summed E-state index contributed by atoms with van der Waals surface area (Å²) in [5.74, 6) is 0.897. The van der Waals surface area contributed by atoms with E-state index in [4.69, 9.17) is 0 Å². The van der Waals surface area contributed by atoms with Gasteiger partial charge in [0.1, 0.15) is 0 Å². The second kappa shape index (κ2) is 3.74. The van der Waals surface area contributed by atoms with E-state index in [1.807, 2.05) is 6.34 Å². The average molecular weight is 164 g/mol. The summed E-state index contributed by atoms with van der Waals surface area (Å²) in [6, 6.07) is 0.626. The first kappa shape index (κ1) is 7.84. The fraction of sp³-hybridized carbons (Fsp3) is 0.700. The highest BCUT2D eigenvalue weighted by Gasteiger charge is 2.17. The van der Waals surface area contributed by atoms with Crippen molar-refractivity contribution < 1.29 is 0 Å². The van der Waals surface area contributed by atoms with Gasteiger partial charge in [-0.2, -0.15) is 0 Å². The lowest BCUT2D eigenvalue weighted by molar-refractivity contribution is 0.398. The number of nitrogens with one attached hydrogen (secondary N) is 1. The molecule has 0 saturated heterocycles. The van der Waals surface area contributed by atoms with Crippen molar-refractivity contribution in [1.82, 2.24) is 5.32 Å². The van der Waals surface area contributed by atoms with E-state index in [1.165, 1.54) is 25.7 Å². The number of aliphatic imine (C=N–C) groups is 1. The Hall–Kier alpha value is -0.790. The molecule has 2 atom stereocenters. The first-order valence-corrected chi connectivity index (χ1v) is 4.84. The van der Waals surface area contributed by atoms with Crippen LogP contribution in [0.3, 0.4) is 0 Å². The molecular formula is C10H16N2. The number of nitrogens with zero attached hydrogens (tertiary/aromatic N) is 1. The summed E-state index contributed by atoms with van der Waals surface area (Å²) in [5, 5.41) is 3.29. The maximum absolute atomic E-state index is 4.18. The number of rotatable bonds is 2. The zero-order valence-corrected chi connectivity index (χ0v) is 7.37. The summed E-state index contributed by atoms with van der Waals surface area (Å²) in [5.41, 5.74) is 0. The van der Waals surface area contributed by atoms with Gasteiger partial charge in [-0.3, -0.25) is 4.99 Å². The van der Waals surface area contributed by atoms with Crippen LogP contribution in [-0.4, -0.2) is 18.9 Å². The highest BCUT2D eigenvalue weighted by molar-refractivity contribution is 5.57. The van der Waals surface area contributed by atoms with E-state index in [1.54, 1.807) is 0 Å². The average Bonchev–Trinajstić information content (AvgIpc) is 2.59. The minimum Gasteiger partial charge on any atom is -0.372 e.